The van der Waals surface area contributed by atoms with Crippen molar-refractivity contribution in [1.29, 1.82) is 0 Å². The molecule has 0 aliphatic carbocycles. The maximum atomic E-state index is 12.2. The Morgan fingerprint density at radius 2 is 2.04 bits per heavy atom. The van der Waals surface area contributed by atoms with Crippen LogP contribution >= 0.6 is 0 Å². The summed E-state index contributed by atoms with van der Waals surface area (Å²) in [7, 11) is 2.61. The predicted molar refractivity (Wildman–Crippen MR) is 78.3 cm³/mol. The van der Waals surface area contributed by atoms with E-state index in [-0.39, 0.29) is 18.7 Å². The molecule has 1 aromatic heterocycles. The third-order valence-corrected chi connectivity index (χ3v) is 3.21. The topological polar surface area (TPSA) is 68.5 Å². The fourth-order valence-electron chi connectivity index (χ4n) is 2.06. The van der Waals surface area contributed by atoms with Gasteiger partial charge in [0.25, 0.3) is 0 Å². The summed E-state index contributed by atoms with van der Waals surface area (Å²) in [5.74, 6) is 0.374. The third kappa shape index (κ3) is 4.71. The summed E-state index contributed by atoms with van der Waals surface area (Å²) < 4.78 is 47.0. The molecule has 0 saturated heterocycles. The minimum atomic E-state index is -4.42. The number of ether oxygens (including phenoxy) is 1. The van der Waals surface area contributed by atoms with Crippen molar-refractivity contribution in [1.82, 2.24) is 15.0 Å². The van der Waals surface area contributed by atoms with Crippen molar-refractivity contribution in [2.24, 2.45) is 0 Å². The second kappa shape index (κ2) is 7.33. The molecule has 1 aromatic carbocycles. The number of hydrogen-bond acceptors (Lipinski definition) is 5. The van der Waals surface area contributed by atoms with Crippen LogP contribution < -0.4 is 4.74 Å². The summed E-state index contributed by atoms with van der Waals surface area (Å²) in [6.07, 6.45) is -4.52. The molecule has 6 nitrogen and oxygen atoms in total. The lowest BCUT2D eigenvalue weighted by Gasteiger charge is -2.18. The highest BCUT2D eigenvalue weighted by molar-refractivity contribution is 5.76. The van der Waals surface area contributed by atoms with E-state index in [1.165, 1.54) is 7.11 Å². The summed E-state index contributed by atoms with van der Waals surface area (Å²) in [5, 5.41) is 3.81. The Bertz CT molecular complexity index is 701. The van der Waals surface area contributed by atoms with Gasteiger partial charge in [0, 0.05) is 19.9 Å². The zero-order valence-corrected chi connectivity index (χ0v) is 13.1. The molecule has 0 unspecified atom stereocenters. The lowest BCUT2D eigenvalue weighted by molar-refractivity contribution is -0.158. The normalized spacial score (nSPS) is 11.4. The van der Waals surface area contributed by atoms with Crippen molar-refractivity contribution in [3.05, 3.63) is 30.2 Å². The monoisotopic (exact) mass is 343 g/mol. The lowest BCUT2D eigenvalue weighted by Crippen LogP contribution is -2.35. The number of hydrogen-bond donors (Lipinski definition) is 0. The van der Waals surface area contributed by atoms with Gasteiger partial charge in [0.05, 0.1) is 12.7 Å². The van der Waals surface area contributed by atoms with E-state index in [4.69, 9.17) is 9.26 Å². The SMILES string of the molecule is COc1ccccc1-c1noc(CCC(=O)N(C)CC(F)(F)F)n1. The van der Waals surface area contributed by atoms with Crippen molar-refractivity contribution < 1.29 is 27.2 Å². The molecule has 0 aliphatic heterocycles. The van der Waals surface area contributed by atoms with Crippen molar-refractivity contribution in [2.75, 3.05) is 20.7 Å². The first-order chi connectivity index (χ1) is 11.3. The largest absolute Gasteiger partial charge is 0.496 e. The van der Waals surface area contributed by atoms with Crippen LogP contribution in [0.3, 0.4) is 0 Å². The summed E-state index contributed by atoms with van der Waals surface area (Å²) >= 11 is 0. The molecule has 0 saturated carbocycles. The number of nitrogens with zero attached hydrogens (tertiary/aromatic N) is 3. The van der Waals surface area contributed by atoms with Crippen LogP contribution in [0.1, 0.15) is 12.3 Å². The molecule has 0 atom stereocenters. The van der Waals surface area contributed by atoms with Gasteiger partial charge in [-0.2, -0.15) is 18.2 Å². The van der Waals surface area contributed by atoms with Gasteiger partial charge in [-0.3, -0.25) is 4.79 Å². The molecular formula is C15H16F3N3O3. The van der Waals surface area contributed by atoms with Crippen LogP contribution in [-0.4, -0.2) is 47.8 Å². The van der Waals surface area contributed by atoms with E-state index >= 15 is 0 Å². The number of aromatic nitrogens is 2. The number of amides is 1. The first-order valence-corrected chi connectivity index (χ1v) is 7.07. The lowest BCUT2D eigenvalue weighted by atomic mass is 10.2. The Balaban J connectivity index is 1.98. The number of carbonyl (C=O) groups is 1. The fraction of sp³-hybridized carbons (Fsp3) is 0.400. The van der Waals surface area contributed by atoms with Crippen LogP contribution in [0.4, 0.5) is 13.2 Å². The summed E-state index contributed by atoms with van der Waals surface area (Å²) in [6, 6.07) is 7.05. The molecule has 0 bridgehead atoms. The molecule has 2 aromatic rings. The highest BCUT2D eigenvalue weighted by Crippen LogP contribution is 2.27. The van der Waals surface area contributed by atoms with Crippen LogP contribution in [0.15, 0.2) is 28.8 Å². The summed E-state index contributed by atoms with van der Waals surface area (Å²) in [5.41, 5.74) is 0.621. The molecule has 0 aliphatic rings. The van der Waals surface area contributed by atoms with Crippen LogP contribution in [0.2, 0.25) is 0 Å². The van der Waals surface area contributed by atoms with E-state index in [1.54, 1.807) is 24.3 Å². The Labute approximate surface area is 136 Å². The van der Waals surface area contributed by atoms with Gasteiger partial charge in [0.2, 0.25) is 17.6 Å². The highest BCUT2D eigenvalue weighted by Gasteiger charge is 2.31. The van der Waals surface area contributed by atoms with Gasteiger partial charge in [-0.1, -0.05) is 17.3 Å². The maximum absolute atomic E-state index is 12.2. The third-order valence-electron chi connectivity index (χ3n) is 3.21. The number of benzene rings is 1. The minimum Gasteiger partial charge on any atom is -0.496 e. The van der Waals surface area contributed by atoms with E-state index in [0.717, 1.165) is 7.05 Å². The van der Waals surface area contributed by atoms with Gasteiger partial charge >= 0.3 is 6.18 Å². The number of alkyl halides is 3. The molecule has 1 heterocycles. The van der Waals surface area contributed by atoms with E-state index < -0.39 is 18.6 Å². The van der Waals surface area contributed by atoms with Gasteiger partial charge < -0.3 is 14.2 Å². The zero-order chi connectivity index (χ0) is 17.7. The molecule has 0 radical (unpaired) electrons. The summed E-state index contributed by atoms with van der Waals surface area (Å²) in [6.45, 7) is -1.29. The molecule has 1 amide bonds. The van der Waals surface area contributed by atoms with Gasteiger partial charge in [0.15, 0.2) is 0 Å². The van der Waals surface area contributed by atoms with Crippen LogP contribution in [-0.2, 0) is 11.2 Å². The highest BCUT2D eigenvalue weighted by atomic mass is 19.4. The predicted octanol–water partition coefficient (Wildman–Crippen LogP) is 2.70. The summed E-state index contributed by atoms with van der Waals surface area (Å²) in [4.78, 5) is 16.5. The minimum absolute atomic E-state index is 0.0587. The molecule has 0 fully saturated rings. The fourth-order valence-corrected chi connectivity index (χ4v) is 2.06. The zero-order valence-electron chi connectivity index (χ0n) is 13.1. The second-order valence-corrected chi connectivity index (χ2v) is 5.08. The number of methoxy groups -OCH3 is 1. The number of para-hydroxylation sites is 1. The molecule has 0 N–H and O–H groups in total. The van der Waals surface area contributed by atoms with Gasteiger partial charge in [0.1, 0.15) is 12.3 Å². The smallest absolute Gasteiger partial charge is 0.406 e. The van der Waals surface area contributed by atoms with Crippen LogP contribution in [0.25, 0.3) is 11.4 Å². The Hall–Kier alpha value is -2.58. The molecule has 0 spiro atoms. The number of halogens is 3. The van der Waals surface area contributed by atoms with Crippen molar-refractivity contribution in [3.8, 4) is 17.1 Å². The maximum Gasteiger partial charge on any atom is 0.406 e. The average Bonchev–Trinajstić information content (AvgIpc) is 2.99. The van der Waals surface area contributed by atoms with Crippen molar-refractivity contribution in [3.63, 3.8) is 0 Å². The quantitative estimate of drug-likeness (QED) is 0.807. The van der Waals surface area contributed by atoms with E-state index in [2.05, 4.69) is 10.1 Å². The first-order valence-electron chi connectivity index (χ1n) is 7.07. The standard InChI is InChI=1S/C15H16F3N3O3/c1-21(9-15(16,17)18)13(22)8-7-12-19-14(20-24-12)10-5-3-4-6-11(10)23-2/h3-6H,7-9H2,1-2H3. The molecule has 130 valence electrons. The van der Waals surface area contributed by atoms with Gasteiger partial charge in [-0.25, -0.2) is 0 Å². The Morgan fingerprint density at radius 1 is 1.33 bits per heavy atom. The van der Waals surface area contributed by atoms with Crippen LogP contribution in [0, 0.1) is 0 Å². The van der Waals surface area contributed by atoms with E-state index in [9.17, 15) is 18.0 Å². The van der Waals surface area contributed by atoms with Gasteiger partial charge in [-0.15, -0.1) is 0 Å². The molecule has 24 heavy (non-hydrogen) atoms. The Morgan fingerprint density at radius 3 is 2.71 bits per heavy atom. The van der Waals surface area contributed by atoms with E-state index in [1.807, 2.05) is 0 Å². The molecule has 2 rings (SSSR count). The first kappa shape index (κ1) is 17.8. The second-order valence-electron chi connectivity index (χ2n) is 5.08. The number of carbonyl (C=O) groups excluding carboxylic acids is 1. The van der Waals surface area contributed by atoms with E-state index in [0.29, 0.717) is 22.0 Å². The average molecular weight is 343 g/mol. The van der Waals surface area contributed by atoms with Crippen LogP contribution in [0.5, 0.6) is 5.75 Å². The molecule has 9 heteroatoms. The van der Waals surface area contributed by atoms with Crippen molar-refractivity contribution in [2.45, 2.75) is 19.0 Å². The van der Waals surface area contributed by atoms with Crippen molar-refractivity contribution >= 4 is 5.91 Å². The van der Waals surface area contributed by atoms with Gasteiger partial charge in [-0.05, 0) is 12.1 Å². The number of aryl methyl sites for hydroxylation is 1. The molecular weight excluding hydrogens is 327 g/mol. The number of rotatable bonds is 6. The Kier molecular flexibility index (Phi) is 5.42.